The SMILES string of the molecule is CC1=C(C(C)(C)C)[CH]([Zr]([CH3])(=[SiH2])([CH2]CC(F)(F)F)[CH]2C(C(C)(C)C)=C(C)c3c(-c4ccc(C(C)C)cc4)cccc32)c2cccc(-c3ccc(C(C)C)cc3)c21.Cl.Cl. The third-order valence-electron chi connectivity index (χ3n) is 13.2. The molecule has 308 valence electrons. The molecule has 2 atom stereocenters. The standard InChI is InChI=1S/2C23H27.C3H4F3.CH3.2ClH.H2Si.Zr/c2*1-15(2)17-10-12-18(13-11-17)20-9-7-8-19-14-21(23(4,5)6)16(3)22(19)20;1-2-3(4,5)6;;;;;/h2*7-15H,1-6H3;1-2H2;1H3;2*1H;1H2;. The second-order valence-corrected chi connectivity index (χ2v) is 48.6. The molecule has 2 unspecified atom stereocenters. The van der Waals surface area contributed by atoms with E-state index >= 15 is 0 Å². The maximum Gasteiger partial charge on any atom is -0.147 e. The maximum atomic E-state index is 14.9. The molecule has 4 aromatic carbocycles. The monoisotopic (exact) mass is 910 g/mol. The number of rotatable bonds is 8. The molecule has 4 aromatic rings. The summed E-state index contributed by atoms with van der Waals surface area (Å²) in [6.45, 7) is 29.2. The smallest absolute Gasteiger partial charge is 0.147 e. The van der Waals surface area contributed by atoms with E-state index in [1.807, 2.05) is 0 Å². The molecule has 2 aliphatic carbocycles. The normalized spacial score (nSPS) is 17.5. The Morgan fingerprint density at radius 2 is 0.912 bits per heavy atom. The van der Waals surface area contributed by atoms with Crippen molar-refractivity contribution in [3.63, 3.8) is 0 Å². The van der Waals surface area contributed by atoms with Crippen molar-refractivity contribution >= 4 is 42.8 Å². The predicted octanol–water partition coefficient (Wildman–Crippen LogP) is 16.2. The van der Waals surface area contributed by atoms with Gasteiger partial charge in [0.25, 0.3) is 0 Å². The van der Waals surface area contributed by atoms with Crippen LogP contribution in [0, 0.1) is 10.8 Å². The fourth-order valence-electron chi connectivity index (χ4n) is 10.8. The van der Waals surface area contributed by atoms with Crippen LogP contribution in [0.25, 0.3) is 33.4 Å². The van der Waals surface area contributed by atoms with Crippen LogP contribution in [0.3, 0.4) is 0 Å². The molecular formula is C50H65Cl2F3SiZr. The van der Waals surface area contributed by atoms with Gasteiger partial charge in [0.1, 0.15) is 0 Å². The summed E-state index contributed by atoms with van der Waals surface area (Å²) in [5.41, 5.74) is 17.0. The molecule has 7 heteroatoms. The number of halogens is 5. The molecule has 0 saturated heterocycles. The van der Waals surface area contributed by atoms with Crippen LogP contribution in [0.5, 0.6) is 0 Å². The van der Waals surface area contributed by atoms with E-state index in [2.05, 4.69) is 180 Å². The molecule has 0 heterocycles. The van der Waals surface area contributed by atoms with Crippen LogP contribution in [0.1, 0.15) is 142 Å². The van der Waals surface area contributed by atoms with Crippen molar-refractivity contribution < 1.29 is 30.6 Å². The molecule has 0 N–H and O–H groups in total. The van der Waals surface area contributed by atoms with E-state index in [9.17, 15) is 13.2 Å². The van der Waals surface area contributed by atoms with Crippen LogP contribution >= 0.6 is 24.8 Å². The Kier molecular flexibility index (Phi) is 13.6. The van der Waals surface area contributed by atoms with Crippen molar-refractivity contribution in [3.8, 4) is 22.3 Å². The van der Waals surface area contributed by atoms with Gasteiger partial charge in [-0.3, -0.25) is 0 Å². The third-order valence-corrected chi connectivity index (χ3v) is 35.7. The predicted molar refractivity (Wildman–Crippen MR) is 246 cm³/mol. The molecule has 6 rings (SSSR count). The average molecular weight is 913 g/mol. The summed E-state index contributed by atoms with van der Waals surface area (Å²) < 4.78 is 47.2. The fraction of sp³-hybridized carbons (Fsp3) is 0.440. The Morgan fingerprint density at radius 3 is 1.19 bits per heavy atom. The van der Waals surface area contributed by atoms with E-state index in [0.717, 1.165) is 0 Å². The number of hydrogen-bond acceptors (Lipinski definition) is 0. The van der Waals surface area contributed by atoms with Gasteiger partial charge in [0.05, 0.1) is 0 Å². The van der Waals surface area contributed by atoms with Crippen molar-refractivity contribution in [2.45, 2.75) is 124 Å². The van der Waals surface area contributed by atoms with Gasteiger partial charge < -0.3 is 0 Å². The number of alkyl halides is 3. The summed E-state index contributed by atoms with van der Waals surface area (Å²) in [5.74, 6) is 0.863. The van der Waals surface area contributed by atoms with Crippen LogP contribution in [0.2, 0.25) is 8.76 Å². The molecular weight excluding hydrogens is 848 g/mol. The van der Waals surface area contributed by atoms with Crippen LogP contribution in [0.15, 0.2) is 96.1 Å². The van der Waals surface area contributed by atoms with Crippen molar-refractivity contribution in [2.75, 3.05) is 0 Å². The summed E-state index contributed by atoms with van der Waals surface area (Å²) in [5, 5.41) is 0. The number of benzene rings is 4. The molecule has 0 bridgehead atoms. The molecule has 0 spiro atoms. The topological polar surface area (TPSA) is 0 Å². The first-order valence-electron chi connectivity index (χ1n) is 20.4. The zero-order valence-electron chi connectivity index (χ0n) is 36.5. The molecule has 0 amide bonds. The van der Waals surface area contributed by atoms with E-state index in [0.29, 0.717) is 11.8 Å². The largest absolute Gasteiger partial charge is 0.147 e. The number of fused-ring (bicyclic) bond motifs is 2. The summed E-state index contributed by atoms with van der Waals surface area (Å²) >= 11 is -4.93. The summed E-state index contributed by atoms with van der Waals surface area (Å²) in [6, 6.07) is 31.3. The summed E-state index contributed by atoms with van der Waals surface area (Å²) in [4.78, 5) is 0. The minimum absolute atomic E-state index is 0. The van der Waals surface area contributed by atoms with E-state index in [4.69, 9.17) is 0 Å². The van der Waals surface area contributed by atoms with Gasteiger partial charge in [-0.2, -0.15) is 0 Å². The Labute approximate surface area is 356 Å². The minimum atomic E-state index is -4.93. The van der Waals surface area contributed by atoms with Gasteiger partial charge >= 0.3 is 335 Å². The first-order chi connectivity index (χ1) is 25.4. The van der Waals surface area contributed by atoms with Crippen LogP contribution in [-0.4, -0.2) is 13.1 Å². The van der Waals surface area contributed by atoms with Crippen LogP contribution < -0.4 is 0 Å². The molecule has 0 aliphatic heterocycles. The molecule has 0 nitrogen and oxygen atoms in total. The number of allylic oxidation sites excluding steroid dienone is 4. The van der Waals surface area contributed by atoms with E-state index < -0.39 is 30.0 Å². The zero-order valence-corrected chi connectivity index (χ0v) is 42.0. The second-order valence-electron chi connectivity index (χ2n) is 20.2. The van der Waals surface area contributed by atoms with Gasteiger partial charge in [0, 0.05) is 0 Å². The molecule has 0 fully saturated rings. The van der Waals surface area contributed by atoms with Gasteiger partial charge in [-0.1, -0.05) is 0 Å². The summed E-state index contributed by atoms with van der Waals surface area (Å²) in [6.07, 6.45) is -5.01. The first kappa shape index (κ1) is 47.5. The van der Waals surface area contributed by atoms with Crippen LogP contribution in [-0.2, 0) is 17.4 Å². The van der Waals surface area contributed by atoms with E-state index in [-0.39, 0.29) is 47.0 Å². The van der Waals surface area contributed by atoms with E-state index in [1.54, 1.807) is 0 Å². The Balaban J connectivity index is 0.00000360. The summed E-state index contributed by atoms with van der Waals surface area (Å²) in [7, 11) is 0. The fourth-order valence-corrected chi connectivity index (χ4v) is 34.7. The molecule has 0 saturated carbocycles. The quantitative estimate of drug-likeness (QED) is 0.155. The maximum absolute atomic E-state index is 14.9. The molecule has 2 aliphatic rings. The number of hydrogen-bond donors (Lipinski definition) is 0. The van der Waals surface area contributed by atoms with Crippen molar-refractivity contribution in [2.24, 2.45) is 10.8 Å². The van der Waals surface area contributed by atoms with Crippen molar-refractivity contribution in [3.05, 3.63) is 129 Å². The Hall–Kier alpha value is -2.17. The second kappa shape index (κ2) is 16.4. The Bertz CT molecular complexity index is 2120. The van der Waals surface area contributed by atoms with Gasteiger partial charge in [0.15, 0.2) is 0 Å². The molecule has 0 aromatic heterocycles. The molecule has 0 radical (unpaired) electrons. The average Bonchev–Trinajstić information content (AvgIpc) is 3.60. The zero-order chi connectivity index (χ0) is 40.7. The first-order valence-corrected chi connectivity index (χ1v) is 33.3. The third kappa shape index (κ3) is 8.58. The van der Waals surface area contributed by atoms with Crippen molar-refractivity contribution in [1.29, 1.82) is 0 Å². The van der Waals surface area contributed by atoms with Crippen LogP contribution in [0.4, 0.5) is 13.2 Å². The minimum Gasteiger partial charge on any atom is -0.147 e. The van der Waals surface area contributed by atoms with Crippen molar-refractivity contribution in [1.82, 2.24) is 0 Å². The van der Waals surface area contributed by atoms with Gasteiger partial charge in [0.2, 0.25) is 0 Å². The Morgan fingerprint density at radius 1 is 0.579 bits per heavy atom. The van der Waals surface area contributed by atoms with Gasteiger partial charge in [-0.05, 0) is 0 Å². The molecule has 57 heavy (non-hydrogen) atoms. The van der Waals surface area contributed by atoms with Gasteiger partial charge in [-0.25, -0.2) is 0 Å². The van der Waals surface area contributed by atoms with E-state index in [1.165, 1.54) is 77.9 Å². The van der Waals surface area contributed by atoms with Gasteiger partial charge in [-0.15, -0.1) is 24.8 Å².